The Hall–Kier alpha value is -2.07. The van der Waals surface area contributed by atoms with Gasteiger partial charge in [0, 0.05) is 12.2 Å². The maximum absolute atomic E-state index is 11.7. The molecule has 1 heterocycles. The molecular formula is C14H16N2O2. The lowest BCUT2D eigenvalue weighted by atomic mass is 10.2. The smallest absolute Gasteiger partial charge is 0.258 e. The van der Waals surface area contributed by atoms with Crippen molar-refractivity contribution in [2.75, 3.05) is 11.9 Å². The molecule has 0 unspecified atom stereocenters. The van der Waals surface area contributed by atoms with Crippen LogP contribution in [0.5, 0.6) is 0 Å². The van der Waals surface area contributed by atoms with E-state index in [1.807, 2.05) is 24.3 Å². The molecule has 1 aromatic heterocycles. The van der Waals surface area contributed by atoms with E-state index in [4.69, 9.17) is 4.42 Å². The van der Waals surface area contributed by atoms with Gasteiger partial charge in [0.2, 0.25) is 0 Å². The van der Waals surface area contributed by atoms with E-state index in [2.05, 4.69) is 17.6 Å². The van der Waals surface area contributed by atoms with Crippen molar-refractivity contribution in [2.24, 2.45) is 0 Å². The Bertz CT molecular complexity index is 489. The number of nitrogens with one attached hydrogen (secondary N) is 2. The van der Waals surface area contributed by atoms with E-state index < -0.39 is 0 Å². The minimum atomic E-state index is -0.164. The summed E-state index contributed by atoms with van der Waals surface area (Å²) in [6.45, 7) is 3.85. The number of amides is 1. The van der Waals surface area contributed by atoms with E-state index >= 15 is 0 Å². The number of furan rings is 1. The molecule has 0 saturated heterocycles. The lowest BCUT2D eigenvalue weighted by molar-refractivity contribution is 0.102. The zero-order valence-electron chi connectivity index (χ0n) is 10.3. The van der Waals surface area contributed by atoms with Gasteiger partial charge in [-0.05, 0) is 30.3 Å². The average Bonchev–Trinajstić information content (AvgIpc) is 2.92. The Morgan fingerprint density at radius 2 is 2.00 bits per heavy atom. The number of hydrogen-bond acceptors (Lipinski definition) is 3. The van der Waals surface area contributed by atoms with E-state index in [1.165, 1.54) is 18.1 Å². The second-order valence-corrected chi connectivity index (χ2v) is 3.94. The topological polar surface area (TPSA) is 54.3 Å². The number of anilines is 1. The fourth-order valence-electron chi connectivity index (χ4n) is 1.57. The summed E-state index contributed by atoms with van der Waals surface area (Å²) in [6.07, 6.45) is 2.91. The highest BCUT2D eigenvalue weighted by Crippen LogP contribution is 2.11. The minimum Gasteiger partial charge on any atom is -0.472 e. The van der Waals surface area contributed by atoms with E-state index in [-0.39, 0.29) is 5.91 Å². The second kappa shape index (κ2) is 6.02. The van der Waals surface area contributed by atoms with Crippen LogP contribution in [0.1, 0.15) is 22.8 Å². The molecule has 0 aliphatic heterocycles. The first-order valence-electron chi connectivity index (χ1n) is 5.93. The zero-order chi connectivity index (χ0) is 12.8. The van der Waals surface area contributed by atoms with Crippen molar-refractivity contribution in [3.8, 4) is 0 Å². The van der Waals surface area contributed by atoms with Gasteiger partial charge in [0.25, 0.3) is 5.91 Å². The molecule has 0 radical (unpaired) electrons. The van der Waals surface area contributed by atoms with Gasteiger partial charge >= 0.3 is 0 Å². The van der Waals surface area contributed by atoms with Crippen molar-refractivity contribution >= 4 is 11.6 Å². The molecule has 0 atom stereocenters. The molecule has 0 fully saturated rings. The first-order valence-corrected chi connectivity index (χ1v) is 5.93. The highest BCUT2D eigenvalue weighted by molar-refractivity contribution is 6.03. The third-order valence-corrected chi connectivity index (χ3v) is 2.57. The molecule has 0 spiro atoms. The van der Waals surface area contributed by atoms with Gasteiger partial charge in [-0.2, -0.15) is 0 Å². The predicted octanol–water partition coefficient (Wildman–Crippen LogP) is 2.64. The third kappa shape index (κ3) is 3.21. The van der Waals surface area contributed by atoms with Crippen LogP contribution in [-0.2, 0) is 6.54 Å². The first kappa shape index (κ1) is 12.4. The Morgan fingerprint density at radius 1 is 1.22 bits per heavy atom. The molecule has 1 aromatic carbocycles. The quantitative estimate of drug-likeness (QED) is 0.850. The molecule has 0 aliphatic carbocycles. The standard InChI is InChI=1S/C14H16N2O2/c1-2-15-9-11-3-5-13(6-4-11)16-14(17)12-7-8-18-10-12/h3-8,10,15H,2,9H2,1H3,(H,16,17). The number of benzene rings is 1. The van der Waals surface area contributed by atoms with Crippen molar-refractivity contribution in [1.82, 2.24) is 5.32 Å². The summed E-state index contributed by atoms with van der Waals surface area (Å²) in [6, 6.07) is 9.41. The fourth-order valence-corrected chi connectivity index (χ4v) is 1.57. The third-order valence-electron chi connectivity index (χ3n) is 2.57. The molecule has 0 bridgehead atoms. The van der Waals surface area contributed by atoms with Gasteiger partial charge in [0.15, 0.2) is 0 Å². The fraction of sp³-hybridized carbons (Fsp3) is 0.214. The van der Waals surface area contributed by atoms with Gasteiger partial charge in [0.1, 0.15) is 6.26 Å². The van der Waals surface area contributed by atoms with Gasteiger partial charge in [0.05, 0.1) is 11.8 Å². The van der Waals surface area contributed by atoms with Crippen LogP contribution in [0.25, 0.3) is 0 Å². The molecule has 4 nitrogen and oxygen atoms in total. The van der Waals surface area contributed by atoms with Crippen molar-refractivity contribution < 1.29 is 9.21 Å². The first-order chi connectivity index (χ1) is 8.79. The summed E-state index contributed by atoms with van der Waals surface area (Å²) < 4.78 is 4.87. The van der Waals surface area contributed by atoms with Crippen molar-refractivity contribution in [3.63, 3.8) is 0 Å². The van der Waals surface area contributed by atoms with Crippen molar-refractivity contribution in [2.45, 2.75) is 13.5 Å². The van der Waals surface area contributed by atoms with Gasteiger partial charge < -0.3 is 15.1 Å². The van der Waals surface area contributed by atoms with E-state index in [9.17, 15) is 4.79 Å². The molecular weight excluding hydrogens is 228 g/mol. The summed E-state index contributed by atoms with van der Waals surface area (Å²) in [4.78, 5) is 11.7. The maximum Gasteiger partial charge on any atom is 0.258 e. The molecule has 1 amide bonds. The average molecular weight is 244 g/mol. The van der Waals surface area contributed by atoms with Crippen LogP contribution < -0.4 is 10.6 Å². The summed E-state index contributed by atoms with van der Waals surface area (Å²) in [5.41, 5.74) is 2.49. The predicted molar refractivity (Wildman–Crippen MR) is 70.5 cm³/mol. The van der Waals surface area contributed by atoms with Crippen molar-refractivity contribution in [3.05, 3.63) is 54.0 Å². The SMILES string of the molecule is CCNCc1ccc(NC(=O)c2ccoc2)cc1. The molecule has 0 saturated carbocycles. The van der Waals surface area contributed by atoms with Gasteiger partial charge in [-0.25, -0.2) is 0 Å². The van der Waals surface area contributed by atoms with Crippen LogP contribution in [-0.4, -0.2) is 12.5 Å². The number of rotatable bonds is 5. The van der Waals surface area contributed by atoms with E-state index in [0.29, 0.717) is 5.56 Å². The van der Waals surface area contributed by atoms with Gasteiger partial charge in [-0.3, -0.25) is 4.79 Å². The zero-order valence-corrected chi connectivity index (χ0v) is 10.3. The second-order valence-electron chi connectivity index (χ2n) is 3.94. The summed E-state index contributed by atoms with van der Waals surface area (Å²) in [5, 5.41) is 6.06. The van der Waals surface area contributed by atoms with Crippen LogP contribution in [0.4, 0.5) is 5.69 Å². The van der Waals surface area contributed by atoms with E-state index in [1.54, 1.807) is 6.07 Å². The molecule has 2 aromatic rings. The molecule has 18 heavy (non-hydrogen) atoms. The Kier molecular flexibility index (Phi) is 4.15. The molecule has 2 N–H and O–H groups in total. The normalized spacial score (nSPS) is 10.3. The number of carbonyl (C=O) groups is 1. The highest BCUT2D eigenvalue weighted by atomic mass is 16.3. The van der Waals surface area contributed by atoms with Crippen LogP contribution >= 0.6 is 0 Å². The van der Waals surface area contributed by atoms with Crippen LogP contribution in [0.3, 0.4) is 0 Å². The Morgan fingerprint density at radius 3 is 2.61 bits per heavy atom. The van der Waals surface area contributed by atoms with Crippen molar-refractivity contribution in [1.29, 1.82) is 0 Å². The minimum absolute atomic E-state index is 0.164. The Balaban J connectivity index is 1.96. The molecule has 2 rings (SSSR count). The van der Waals surface area contributed by atoms with E-state index in [0.717, 1.165) is 18.8 Å². The highest BCUT2D eigenvalue weighted by Gasteiger charge is 2.06. The monoisotopic (exact) mass is 244 g/mol. The molecule has 94 valence electrons. The van der Waals surface area contributed by atoms with Gasteiger partial charge in [-0.1, -0.05) is 19.1 Å². The maximum atomic E-state index is 11.7. The van der Waals surface area contributed by atoms with Crippen LogP contribution in [0, 0.1) is 0 Å². The number of hydrogen-bond donors (Lipinski definition) is 2. The van der Waals surface area contributed by atoms with Crippen LogP contribution in [0.2, 0.25) is 0 Å². The summed E-state index contributed by atoms with van der Waals surface area (Å²) in [5.74, 6) is -0.164. The Labute approximate surface area is 106 Å². The molecule has 0 aliphatic rings. The lowest BCUT2D eigenvalue weighted by Gasteiger charge is -2.05. The number of carbonyl (C=O) groups excluding carboxylic acids is 1. The van der Waals surface area contributed by atoms with Gasteiger partial charge in [-0.15, -0.1) is 0 Å². The lowest BCUT2D eigenvalue weighted by Crippen LogP contribution is -2.12. The summed E-state index contributed by atoms with van der Waals surface area (Å²) in [7, 11) is 0. The largest absolute Gasteiger partial charge is 0.472 e. The molecule has 4 heteroatoms. The van der Waals surface area contributed by atoms with Crippen LogP contribution in [0.15, 0.2) is 47.3 Å². The summed E-state index contributed by atoms with van der Waals surface area (Å²) >= 11 is 0.